The van der Waals surface area contributed by atoms with E-state index in [2.05, 4.69) is 10.3 Å². The van der Waals surface area contributed by atoms with Crippen molar-refractivity contribution in [2.24, 2.45) is 10.7 Å². The summed E-state index contributed by atoms with van der Waals surface area (Å²) in [6.07, 6.45) is 0. The summed E-state index contributed by atoms with van der Waals surface area (Å²) in [6.45, 7) is 2.52. The topological polar surface area (TPSA) is 50.4 Å². The largest absolute Gasteiger partial charge is 0.370 e. The van der Waals surface area contributed by atoms with Crippen LogP contribution in [-0.2, 0) is 5.54 Å². The SMILES string of the molecule is CC1(c2cccc(-c3cc(F)cc(F)c3)c2)CN=C(N)N1. The summed E-state index contributed by atoms with van der Waals surface area (Å²) in [5.74, 6) is -0.777. The fourth-order valence-electron chi connectivity index (χ4n) is 2.53. The van der Waals surface area contributed by atoms with E-state index in [0.29, 0.717) is 18.1 Å². The molecule has 5 heteroatoms. The molecule has 21 heavy (non-hydrogen) atoms. The van der Waals surface area contributed by atoms with Crippen molar-refractivity contribution >= 4 is 5.96 Å². The first-order valence-corrected chi connectivity index (χ1v) is 6.61. The predicted molar refractivity (Wildman–Crippen MR) is 78.8 cm³/mol. The van der Waals surface area contributed by atoms with Gasteiger partial charge in [0.05, 0.1) is 12.1 Å². The first kappa shape index (κ1) is 13.5. The van der Waals surface area contributed by atoms with Crippen LogP contribution in [0.5, 0.6) is 0 Å². The maximum absolute atomic E-state index is 13.4. The Kier molecular flexibility index (Phi) is 3.12. The van der Waals surface area contributed by atoms with Gasteiger partial charge >= 0.3 is 0 Å². The number of hydrogen-bond acceptors (Lipinski definition) is 3. The van der Waals surface area contributed by atoms with Gasteiger partial charge in [0.15, 0.2) is 5.96 Å². The Bertz CT molecular complexity index is 707. The van der Waals surface area contributed by atoms with Crippen molar-refractivity contribution in [1.82, 2.24) is 5.32 Å². The van der Waals surface area contributed by atoms with Gasteiger partial charge in [0.1, 0.15) is 11.6 Å². The minimum Gasteiger partial charge on any atom is -0.370 e. The average molecular weight is 287 g/mol. The second kappa shape index (κ2) is 4.84. The van der Waals surface area contributed by atoms with Crippen LogP contribution in [0.25, 0.3) is 11.1 Å². The summed E-state index contributed by atoms with van der Waals surface area (Å²) in [5.41, 5.74) is 7.50. The van der Waals surface area contributed by atoms with Crippen LogP contribution in [0.3, 0.4) is 0 Å². The van der Waals surface area contributed by atoms with Crippen LogP contribution in [0.15, 0.2) is 47.5 Å². The molecule has 1 unspecified atom stereocenters. The third-order valence-electron chi connectivity index (χ3n) is 3.67. The molecule has 0 saturated heterocycles. The Balaban J connectivity index is 2.01. The lowest BCUT2D eigenvalue weighted by atomic mass is 9.90. The van der Waals surface area contributed by atoms with Crippen LogP contribution in [0.2, 0.25) is 0 Å². The van der Waals surface area contributed by atoms with E-state index in [4.69, 9.17) is 5.73 Å². The molecule has 2 aromatic rings. The van der Waals surface area contributed by atoms with Crippen LogP contribution >= 0.6 is 0 Å². The number of guanidine groups is 1. The standard InChI is InChI=1S/C16H15F2N3/c1-16(9-20-15(19)21-16)12-4-2-3-10(5-12)11-6-13(17)8-14(18)7-11/h2-8H,9H2,1H3,(H3,19,20,21). The van der Waals surface area contributed by atoms with E-state index >= 15 is 0 Å². The number of nitrogens with two attached hydrogens (primary N) is 1. The summed E-state index contributed by atoms with van der Waals surface area (Å²) in [5, 5.41) is 3.13. The fourth-order valence-corrected chi connectivity index (χ4v) is 2.53. The summed E-state index contributed by atoms with van der Waals surface area (Å²) >= 11 is 0. The number of rotatable bonds is 2. The minimum absolute atomic E-state index is 0.397. The van der Waals surface area contributed by atoms with Gasteiger partial charge < -0.3 is 11.1 Å². The summed E-state index contributed by atoms with van der Waals surface area (Å²) in [7, 11) is 0. The van der Waals surface area contributed by atoms with E-state index in [1.807, 2.05) is 31.2 Å². The Labute approximate surface area is 121 Å². The highest BCUT2D eigenvalue weighted by atomic mass is 19.1. The first-order chi connectivity index (χ1) is 9.96. The lowest BCUT2D eigenvalue weighted by molar-refractivity contribution is 0.480. The van der Waals surface area contributed by atoms with Gasteiger partial charge in [-0.1, -0.05) is 18.2 Å². The van der Waals surface area contributed by atoms with Crippen molar-refractivity contribution in [3.05, 3.63) is 59.7 Å². The van der Waals surface area contributed by atoms with Crippen LogP contribution in [0.1, 0.15) is 12.5 Å². The molecule has 1 aliphatic heterocycles. The van der Waals surface area contributed by atoms with Crippen LogP contribution < -0.4 is 11.1 Å². The van der Waals surface area contributed by atoms with Crippen molar-refractivity contribution in [2.75, 3.05) is 6.54 Å². The molecule has 0 amide bonds. The van der Waals surface area contributed by atoms with E-state index < -0.39 is 17.2 Å². The van der Waals surface area contributed by atoms with Gasteiger partial charge in [0.2, 0.25) is 0 Å². The molecule has 3 N–H and O–H groups in total. The molecule has 1 heterocycles. The van der Waals surface area contributed by atoms with Gasteiger partial charge in [-0.3, -0.25) is 4.99 Å². The number of halogens is 2. The van der Waals surface area contributed by atoms with E-state index in [1.54, 1.807) is 0 Å². The normalized spacial score (nSPS) is 21.0. The summed E-state index contributed by atoms with van der Waals surface area (Å²) in [6, 6.07) is 11.0. The van der Waals surface area contributed by atoms with Crippen LogP contribution in [0, 0.1) is 11.6 Å². The second-order valence-corrected chi connectivity index (χ2v) is 5.40. The summed E-state index contributed by atoms with van der Waals surface area (Å²) < 4.78 is 26.7. The third kappa shape index (κ3) is 2.59. The molecule has 108 valence electrons. The first-order valence-electron chi connectivity index (χ1n) is 6.61. The number of hydrogen-bond donors (Lipinski definition) is 2. The molecule has 2 aromatic carbocycles. The molecule has 0 aliphatic carbocycles. The van der Waals surface area contributed by atoms with Gasteiger partial charge in [0.25, 0.3) is 0 Å². The Morgan fingerprint density at radius 2 is 1.81 bits per heavy atom. The predicted octanol–water partition coefficient (Wildman–Crippen LogP) is 2.76. The van der Waals surface area contributed by atoms with E-state index in [1.165, 1.54) is 12.1 Å². The molecule has 3 rings (SSSR count). The lowest BCUT2D eigenvalue weighted by Crippen LogP contribution is -2.42. The maximum Gasteiger partial charge on any atom is 0.189 e. The number of aliphatic imine (C=N–C) groups is 1. The number of nitrogens with zero attached hydrogens (tertiary/aromatic N) is 1. The Hall–Kier alpha value is -2.43. The second-order valence-electron chi connectivity index (χ2n) is 5.40. The molecule has 0 fully saturated rings. The van der Waals surface area contributed by atoms with Crippen molar-refractivity contribution < 1.29 is 8.78 Å². The molecule has 0 radical (unpaired) electrons. The smallest absolute Gasteiger partial charge is 0.189 e. The molecular formula is C16H15F2N3. The Morgan fingerprint density at radius 1 is 1.10 bits per heavy atom. The quantitative estimate of drug-likeness (QED) is 0.892. The monoisotopic (exact) mass is 287 g/mol. The van der Waals surface area contributed by atoms with Crippen LogP contribution in [-0.4, -0.2) is 12.5 Å². The van der Waals surface area contributed by atoms with Gasteiger partial charge in [-0.05, 0) is 41.8 Å². The summed E-state index contributed by atoms with van der Waals surface area (Å²) in [4.78, 5) is 4.16. The van der Waals surface area contributed by atoms with Gasteiger partial charge in [-0.25, -0.2) is 8.78 Å². The molecule has 3 nitrogen and oxygen atoms in total. The van der Waals surface area contributed by atoms with E-state index in [0.717, 1.165) is 17.2 Å². The molecule has 1 atom stereocenters. The minimum atomic E-state index is -0.590. The molecule has 0 aromatic heterocycles. The fraction of sp³-hybridized carbons (Fsp3) is 0.188. The van der Waals surface area contributed by atoms with Crippen molar-refractivity contribution in [3.63, 3.8) is 0 Å². The third-order valence-corrected chi connectivity index (χ3v) is 3.67. The van der Waals surface area contributed by atoms with Crippen molar-refractivity contribution in [2.45, 2.75) is 12.5 Å². The van der Waals surface area contributed by atoms with Gasteiger partial charge in [-0.15, -0.1) is 0 Å². The zero-order valence-corrected chi connectivity index (χ0v) is 11.5. The molecular weight excluding hydrogens is 272 g/mol. The molecule has 0 bridgehead atoms. The highest BCUT2D eigenvalue weighted by Gasteiger charge is 2.31. The number of benzene rings is 2. The zero-order chi connectivity index (χ0) is 15.0. The highest BCUT2D eigenvalue weighted by molar-refractivity contribution is 5.81. The van der Waals surface area contributed by atoms with E-state index in [-0.39, 0.29) is 0 Å². The van der Waals surface area contributed by atoms with Gasteiger partial charge in [0, 0.05) is 6.07 Å². The molecule has 1 aliphatic rings. The van der Waals surface area contributed by atoms with Crippen molar-refractivity contribution in [3.8, 4) is 11.1 Å². The lowest BCUT2D eigenvalue weighted by Gasteiger charge is -2.25. The van der Waals surface area contributed by atoms with Crippen molar-refractivity contribution in [1.29, 1.82) is 0 Å². The average Bonchev–Trinajstić information content (AvgIpc) is 2.79. The maximum atomic E-state index is 13.4. The molecule has 0 saturated carbocycles. The molecule has 0 spiro atoms. The van der Waals surface area contributed by atoms with Crippen LogP contribution in [0.4, 0.5) is 8.78 Å². The number of nitrogens with one attached hydrogen (secondary N) is 1. The van der Waals surface area contributed by atoms with E-state index in [9.17, 15) is 8.78 Å². The van der Waals surface area contributed by atoms with Gasteiger partial charge in [-0.2, -0.15) is 0 Å². The Morgan fingerprint density at radius 3 is 2.43 bits per heavy atom. The highest BCUT2D eigenvalue weighted by Crippen LogP contribution is 2.29. The zero-order valence-electron chi connectivity index (χ0n) is 11.5.